The molecule has 0 radical (unpaired) electrons. The third-order valence-corrected chi connectivity index (χ3v) is 7.24. The van der Waals surface area contributed by atoms with E-state index in [2.05, 4.69) is 33.8 Å². The van der Waals surface area contributed by atoms with E-state index in [1.54, 1.807) is 0 Å². The summed E-state index contributed by atoms with van der Waals surface area (Å²) in [6.07, 6.45) is 12.4. The Kier molecular flexibility index (Phi) is 5.10. The number of hydrogen-bond donors (Lipinski definition) is 1. The average molecular weight is 444 g/mol. The van der Waals surface area contributed by atoms with Crippen LogP contribution in [0.4, 0.5) is 5.69 Å². The van der Waals surface area contributed by atoms with E-state index in [1.807, 2.05) is 45.6 Å². The Bertz CT molecular complexity index is 1320. The molecule has 6 rings (SSSR count). The standard InChI is InChI=1S/C25H29N7O/c1-30-13-5-8-22(30)21-16-31-15-18(10-12-24(31)27-21)26-25(33)17-9-11-23-20(14-17)28-29-32(23)19-6-3-2-4-7-19/h9-12,14-16,19,22H,2-8,13H2,1H3,(H,26,33). The molecule has 1 aromatic carbocycles. The summed E-state index contributed by atoms with van der Waals surface area (Å²) < 4.78 is 4.04. The summed E-state index contributed by atoms with van der Waals surface area (Å²) in [7, 11) is 2.15. The number of benzene rings is 1. The normalized spacial score (nSPS) is 20.1. The van der Waals surface area contributed by atoms with E-state index in [9.17, 15) is 4.79 Å². The summed E-state index contributed by atoms with van der Waals surface area (Å²) in [6.45, 7) is 1.11. The molecule has 1 saturated carbocycles. The maximum absolute atomic E-state index is 13.0. The molecular weight excluding hydrogens is 414 g/mol. The molecule has 0 spiro atoms. The number of hydrogen-bond acceptors (Lipinski definition) is 5. The molecule has 8 heteroatoms. The predicted octanol–water partition coefficient (Wildman–Crippen LogP) is 4.60. The number of imidazole rings is 1. The van der Waals surface area contributed by atoms with Crippen molar-refractivity contribution in [3.05, 3.63) is 54.0 Å². The number of anilines is 1. The quantitative estimate of drug-likeness (QED) is 0.498. The van der Waals surface area contributed by atoms with Crippen molar-refractivity contribution in [2.75, 3.05) is 18.9 Å². The lowest BCUT2D eigenvalue weighted by Crippen LogP contribution is -2.17. The minimum atomic E-state index is -0.153. The van der Waals surface area contributed by atoms with Crippen molar-refractivity contribution in [2.24, 2.45) is 0 Å². The first-order valence-corrected chi connectivity index (χ1v) is 12.0. The van der Waals surface area contributed by atoms with Crippen LogP contribution in [-0.4, -0.2) is 48.8 Å². The highest BCUT2D eigenvalue weighted by atomic mass is 16.1. The second kappa shape index (κ2) is 8.26. The van der Waals surface area contributed by atoms with Gasteiger partial charge >= 0.3 is 0 Å². The monoisotopic (exact) mass is 443 g/mol. The lowest BCUT2D eigenvalue weighted by molar-refractivity contribution is 0.102. The molecule has 2 aliphatic rings. The molecule has 1 aliphatic carbocycles. The first-order chi connectivity index (χ1) is 16.2. The highest BCUT2D eigenvalue weighted by Gasteiger charge is 2.25. The molecule has 2 fully saturated rings. The first-order valence-electron chi connectivity index (χ1n) is 12.0. The van der Waals surface area contributed by atoms with Gasteiger partial charge in [0.1, 0.15) is 11.2 Å². The minimum absolute atomic E-state index is 0.153. The van der Waals surface area contributed by atoms with Gasteiger partial charge in [0.15, 0.2) is 0 Å². The Morgan fingerprint density at radius 1 is 1.03 bits per heavy atom. The van der Waals surface area contributed by atoms with Crippen molar-refractivity contribution >= 4 is 28.3 Å². The Balaban J connectivity index is 1.21. The summed E-state index contributed by atoms with van der Waals surface area (Å²) in [5.41, 5.74) is 5.07. The average Bonchev–Trinajstić information content (AvgIpc) is 3.56. The number of amides is 1. The molecule has 1 aliphatic heterocycles. The van der Waals surface area contributed by atoms with Gasteiger partial charge in [-0.2, -0.15) is 0 Å². The van der Waals surface area contributed by atoms with Crippen molar-refractivity contribution in [3.8, 4) is 0 Å². The molecule has 8 nitrogen and oxygen atoms in total. The molecule has 3 aromatic heterocycles. The van der Waals surface area contributed by atoms with Gasteiger partial charge in [-0.1, -0.05) is 24.5 Å². The van der Waals surface area contributed by atoms with E-state index in [0.29, 0.717) is 17.6 Å². The number of likely N-dealkylation sites (tertiary alicyclic amines) is 1. The number of nitrogens with one attached hydrogen (secondary N) is 1. The largest absolute Gasteiger partial charge is 0.321 e. The van der Waals surface area contributed by atoms with Crippen LogP contribution in [-0.2, 0) is 0 Å². The first kappa shape index (κ1) is 20.4. The predicted molar refractivity (Wildman–Crippen MR) is 127 cm³/mol. The van der Waals surface area contributed by atoms with Gasteiger partial charge in [0.25, 0.3) is 5.91 Å². The van der Waals surface area contributed by atoms with Gasteiger partial charge in [0.05, 0.1) is 29.0 Å². The van der Waals surface area contributed by atoms with Crippen molar-refractivity contribution < 1.29 is 4.79 Å². The number of pyridine rings is 1. The third kappa shape index (κ3) is 3.78. The van der Waals surface area contributed by atoms with Crippen LogP contribution in [0.15, 0.2) is 42.7 Å². The van der Waals surface area contributed by atoms with Crippen LogP contribution in [0.1, 0.15) is 73.1 Å². The number of carbonyl (C=O) groups excluding carboxylic acids is 1. The summed E-state index contributed by atoms with van der Waals surface area (Å²) in [5, 5.41) is 11.8. The zero-order valence-corrected chi connectivity index (χ0v) is 18.9. The number of aromatic nitrogens is 5. The zero-order valence-electron chi connectivity index (χ0n) is 18.9. The van der Waals surface area contributed by atoms with Crippen LogP contribution in [0, 0.1) is 0 Å². The Hall–Kier alpha value is -3.26. The molecule has 4 aromatic rings. The topological polar surface area (TPSA) is 80.4 Å². The Morgan fingerprint density at radius 2 is 1.91 bits per heavy atom. The van der Waals surface area contributed by atoms with Crippen LogP contribution in [0.25, 0.3) is 16.7 Å². The highest BCUT2D eigenvalue weighted by Crippen LogP contribution is 2.31. The van der Waals surface area contributed by atoms with Gasteiger partial charge in [0, 0.05) is 18.0 Å². The van der Waals surface area contributed by atoms with Crippen LogP contribution in [0.5, 0.6) is 0 Å². The van der Waals surface area contributed by atoms with Gasteiger partial charge < -0.3 is 9.72 Å². The maximum atomic E-state index is 13.0. The van der Waals surface area contributed by atoms with Crippen LogP contribution >= 0.6 is 0 Å². The van der Waals surface area contributed by atoms with Crippen LogP contribution in [0.2, 0.25) is 0 Å². The van der Waals surface area contributed by atoms with Gasteiger partial charge in [-0.3, -0.25) is 9.69 Å². The summed E-state index contributed by atoms with van der Waals surface area (Å²) in [5.74, 6) is -0.153. The fraction of sp³-hybridized carbons (Fsp3) is 0.440. The van der Waals surface area contributed by atoms with E-state index in [1.165, 1.54) is 25.7 Å². The molecule has 170 valence electrons. The molecular formula is C25H29N7O. The van der Waals surface area contributed by atoms with E-state index in [0.717, 1.165) is 53.9 Å². The van der Waals surface area contributed by atoms with E-state index in [4.69, 9.17) is 4.98 Å². The van der Waals surface area contributed by atoms with Gasteiger partial charge in [0.2, 0.25) is 0 Å². The van der Waals surface area contributed by atoms with Crippen molar-refractivity contribution in [2.45, 2.75) is 57.0 Å². The van der Waals surface area contributed by atoms with Gasteiger partial charge in [-0.15, -0.1) is 5.10 Å². The van der Waals surface area contributed by atoms with E-state index >= 15 is 0 Å². The number of nitrogens with zero attached hydrogens (tertiary/aromatic N) is 6. The Labute approximate surface area is 192 Å². The highest BCUT2D eigenvalue weighted by molar-refractivity contribution is 6.05. The second-order valence-corrected chi connectivity index (χ2v) is 9.47. The molecule has 1 amide bonds. The molecule has 4 heterocycles. The Morgan fingerprint density at radius 3 is 2.73 bits per heavy atom. The fourth-order valence-corrected chi connectivity index (χ4v) is 5.41. The van der Waals surface area contributed by atoms with E-state index in [-0.39, 0.29) is 5.91 Å². The SMILES string of the molecule is CN1CCCC1c1cn2cc(NC(=O)c3ccc4c(c3)nnn4C3CCCCC3)ccc2n1. The molecule has 1 saturated heterocycles. The number of carbonyl (C=O) groups is 1. The van der Waals surface area contributed by atoms with Crippen LogP contribution in [0.3, 0.4) is 0 Å². The smallest absolute Gasteiger partial charge is 0.255 e. The van der Waals surface area contributed by atoms with Crippen LogP contribution < -0.4 is 5.32 Å². The maximum Gasteiger partial charge on any atom is 0.255 e. The summed E-state index contributed by atoms with van der Waals surface area (Å²) in [4.78, 5) is 20.1. The molecule has 1 N–H and O–H groups in total. The molecule has 33 heavy (non-hydrogen) atoms. The molecule has 1 atom stereocenters. The van der Waals surface area contributed by atoms with E-state index < -0.39 is 0 Å². The molecule has 0 bridgehead atoms. The lowest BCUT2D eigenvalue weighted by Gasteiger charge is -2.21. The zero-order chi connectivity index (χ0) is 22.4. The third-order valence-electron chi connectivity index (χ3n) is 7.24. The fourth-order valence-electron chi connectivity index (χ4n) is 5.41. The summed E-state index contributed by atoms with van der Waals surface area (Å²) in [6, 6.07) is 10.3. The number of rotatable bonds is 4. The molecule has 1 unspecified atom stereocenters. The van der Waals surface area contributed by atoms with Crippen molar-refractivity contribution in [1.29, 1.82) is 0 Å². The van der Waals surface area contributed by atoms with Gasteiger partial charge in [-0.05, 0) is 69.6 Å². The number of fused-ring (bicyclic) bond motifs is 2. The minimum Gasteiger partial charge on any atom is -0.321 e. The van der Waals surface area contributed by atoms with Gasteiger partial charge in [-0.25, -0.2) is 9.67 Å². The summed E-state index contributed by atoms with van der Waals surface area (Å²) >= 11 is 0. The second-order valence-electron chi connectivity index (χ2n) is 9.47. The lowest BCUT2D eigenvalue weighted by atomic mass is 9.95. The van der Waals surface area contributed by atoms with Crippen molar-refractivity contribution in [1.82, 2.24) is 29.3 Å². The van der Waals surface area contributed by atoms with Crippen molar-refractivity contribution in [3.63, 3.8) is 0 Å².